The molecule has 0 unspecified atom stereocenters. The smallest absolute Gasteiger partial charge is 0.261 e. The maximum atomic E-state index is 10.9. The fourth-order valence-electron chi connectivity index (χ4n) is 1.07. The van der Waals surface area contributed by atoms with E-state index >= 15 is 0 Å². The molecule has 2 aromatic rings. The molecule has 0 aliphatic carbocycles. The zero-order valence-corrected chi connectivity index (χ0v) is 6.97. The first-order valence-electron chi connectivity index (χ1n) is 3.43. The normalized spacial score (nSPS) is 10.3. The van der Waals surface area contributed by atoms with Crippen molar-refractivity contribution in [3.63, 3.8) is 0 Å². The maximum absolute atomic E-state index is 10.9. The SMILES string of the molecule is NC(=O)c1snc2ccccc12. The summed E-state index contributed by atoms with van der Waals surface area (Å²) in [4.78, 5) is 11.4. The van der Waals surface area contributed by atoms with E-state index in [2.05, 4.69) is 4.37 Å². The predicted molar refractivity (Wildman–Crippen MR) is 48.1 cm³/mol. The number of aromatic nitrogens is 1. The molecule has 0 saturated carbocycles. The highest BCUT2D eigenvalue weighted by molar-refractivity contribution is 7.09. The highest BCUT2D eigenvalue weighted by Gasteiger charge is 2.08. The number of amides is 1. The van der Waals surface area contributed by atoms with E-state index in [1.165, 1.54) is 0 Å². The first-order valence-corrected chi connectivity index (χ1v) is 4.20. The number of nitrogens with zero attached hydrogens (tertiary/aromatic N) is 1. The Balaban J connectivity index is 2.79. The lowest BCUT2D eigenvalue weighted by Crippen LogP contribution is -2.08. The van der Waals surface area contributed by atoms with E-state index in [1.54, 1.807) is 0 Å². The van der Waals surface area contributed by atoms with Crippen molar-refractivity contribution in [3.8, 4) is 0 Å². The fraction of sp³-hybridized carbons (Fsp3) is 0. The molecule has 0 spiro atoms. The molecule has 4 heteroatoms. The molecular weight excluding hydrogens is 172 g/mol. The van der Waals surface area contributed by atoms with Crippen LogP contribution in [0.4, 0.5) is 0 Å². The van der Waals surface area contributed by atoms with E-state index in [-0.39, 0.29) is 0 Å². The third-order valence-corrected chi connectivity index (χ3v) is 2.50. The van der Waals surface area contributed by atoms with Gasteiger partial charge < -0.3 is 5.73 Å². The molecule has 1 heterocycles. The summed E-state index contributed by atoms with van der Waals surface area (Å²) in [5.41, 5.74) is 5.99. The topological polar surface area (TPSA) is 56.0 Å². The van der Waals surface area contributed by atoms with Crippen LogP contribution < -0.4 is 5.73 Å². The van der Waals surface area contributed by atoms with Gasteiger partial charge in [0.05, 0.1) is 5.52 Å². The molecule has 1 amide bonds. The van der Waals surface area contributed by atoms with Gasteiger partial charge in [-0.15, -0.1) is 0 Å². The minimum absolute atomic E-state index is 0.409. The molecule has 12 heavy (non-hydrogen) atoms. The van der Waals surface area contributed by atoms with Crippen molar-refractivity contribution in [1.29, 1.82) is 0 Å². The van der Waals surface area contributed by atoms with Crippen LogP contribution in [-0.2, 0) is 0 Å². The molecule has 0 aliphatic rings. The van der Waals surface area contributed by atoms with E-state index in [1.807, 2.05) is 24.3 Å². The average molecular weight is 178 g/mol. The molecule has 2 rings (SSSR count). The number of carbonyl (C=O) groups excluding carboxylic acids is 1. The number of hydrogen-bond donors (Lipinski definition) is 1. The van der Waals surface area contributed by atoms with Gasteiger partial charge in [0, 0.05) is 5.39 Å². The Hall–Kier alpha value is -1.42. The summed E-state index contributed by atoms with van der Waals surface area (Å²) in [5, 5.41) is 0.843. The monoisotopic (exact) mass is 178 g/mol. The van der Waals surface area contributed by atoms with Crippen LogP contribution in [0.2, 0.25) is 0 Å². The van der Waals surface area contributed by atoms with Gasteiger partial charge in [-0.1, -0.05) is 18.2 Å². The van der Waals surface area contributed by atoms with Crippen LogP contribution >= 0.6 is 11.5 Å². The molecule has 0 atom stereocenters. The number of primary amides is 1. The summed E-state index contributed by atoms with van der Waals surface area (Å²) in [6.45, 7) is 0. The lowest BCUT2D eigenvalue weighted by molar-refractivity contribution is 0.101. The zero-order valence-electron chi connectivity index (χ0n) is 6.15. The van der Waals surface area contributed by atoms with Crippen molar-refractivity contribution >= 4 is 28.3 Å². The van der Waals surface area contributed by atoms with Crippen molar-refractivity contribution in [2.24, 2.45) is 5.73 Å². The van der Waals surface area contributed by atoms with Crippen LogP contribution in [-0.4, -0.2) is 10.3 Å². The van der Waals surface area contributed by atoms with Crippen molar-refractivity contribution in [2.75, 3.05) is 0 Å². The quantitative estimate of drug-likeness (QED) is 0.717. The maximum Gasteiger partial charge on any atom is 0.261 e. The van der Waals surface area contributed by atoms with Crippen LogP contribution in [0.25, 0.3) is 10.9 Å². The Bertz CT molecular complexity index is 435. The Kier molecular flexibility index (Phi) is 1.55. The molecule has 60 valence electrons. The minimum atomic E-state index is -0.409. The lowest BCUT2D eigenvalue weighted by atomic mass is 10.2. The van der Waals surface area contributed by atoms with E-state index in [0.717, 1.165) is 22.4 Å². The Morgan fingerprint density at radius 1 is 1.42 bits per heavy atom. The van der Waals surface area contributed by atoms with Crippen LogP contribution in [0.3, 0.4) is 0 Å². The molecule has 0 fully saturated rings. The number of fused-ring (bicyclic) bond motifs is 1. The van der Waals surface area contributed by atoms with E-state index in [9.17, 15) is 4.79 Å². The summed E-state index contributed by atoms with van der Waals surface area (Å²) in [6.07, 6.45) is 0. The summed E-state index contributed by atoms with van der Waals surface area (Å²) in [7, 11) is 0. The summed E-state index contributed by atoms with van der Waals surface area (Å²) in [6, 6.07) is 7.45. The van der Waals surface area contributed by atoms with E-state index < -0.39 is 5.91 Å². The second-order valence-electron chi connectivity index (χ2n) is 2.39. The molecule has 0 saturated heterocycles. The van der Waals surface area contributed by atoms with Crippen LogP contribution in [0.5, 0.6) is 0 Å². The minimum Gasteiger partial charge on any atom is -0.365 e. The first-order chi connectivity index (χ1) is 5.79. The molecule has 0 aliphatic heterocycles. The highest BCUT2D eigenvalue weighted by Crippen LogP contribution is 2.20. The molecular formula is C8H6N2OS. The van der Waals surface area contributed by atoms with Crippen molar-refractivity contribution in [1.82, 2.24) is 4.37 Å². The molecule has 3 nitrogen and oxygen atoms in total. The van der Waals surface area contributed by atoms with Gasteiger partial charge in [-0.3, -0.25) is 4.79 Å². The Labute approximate surface area is 73.0 Å². The predicted octanol–water partition coefficient (Wildman–Crippen LogP) is 1.40. The number of rotatable bonds is 1. The lowest BCUT2D eigenvalue weighted by Gasteiger charge is -1.88. The van der Waals surface area contributed by atoms with Gasteiger partial charge in [-0.05, 0) is 17.6 Å². The van der Waals surface area contributed by atoms with Gasteiger partial charge in [-0.25, -0.2) is 0 Å². The highest BCUT2D eigenvalue weighted by atomic mass is 32.1. The largest absolute Gasteiger partial charge is 0.365 e. The second-order valence-corrected chi connectivity index (χ2v) is 3.17. The summed E-state index contributed by atoms with van der Waals surface area (Å²) >= 11 is 1.15. The molecule has 0 bridgehead atoms. The van der Waals surface area contributed by atoms with Crippen LogP contribution in [0.1, 0.15) is 9.67 Å². The number of benzene rings is 1. The van der Waals surface area contributed by atoms with Crippen LogP contribution in [0.15, 0.2) is 24.3 Å². The van der Waals surface area contributed by atoms with Crippen molar-refractivity contribution < 1.29 is 4.79 Å². The van der Waals surface area contributed by atoms with Gasteiger partial charge >= 0.3 is 0 Å². The van der Waals surface area contributed by atoms with Gasteiger partial charge in [0.15, 0.2) is 0 Å². The second kappa shape index (κ2) is 2.57. The number of carbonyl (C=O) groups is 1. The zero-order chi connectivity index (χ0) is 8.55. The average Bonchev–Trinajstić information content (AvgIpc) is 2.47. The number of hydrogen-bond acceptors (Lipinski definition) is 3. The van der Waals surface area contributed by atoms with Gasteiger partial charge in [0.25, 0.3) is 5.91 Å². The summed E-state index contributed by atoms with van der Waals surface area (Å²) < 4.78 is 4.08. The Morgan fingerprint density at radius 3 is 2.92 bits per heavy atom. The summed E-state index contributed by atoms with van der Waals surface area (Å²) in [5.74, 6) is -0.409. The molecule has 0 radical (unpaired) electrons. The van der Waals surface area contributed by atoms with Gasteiger partial charge in [-0.2, -0.15) is 4.37 Å². The van der Waals surface area contributed by atoms with Crippen molar-refractivity contribution in [2.45, 2.75) is 0 Å². The third-order valence-electron chi connectivity index (χ3n) is 1.61. The van der Waals surface area contributed by atoms with E-state index in [0.29, 0.717) is 4.88 Å². The van der Waals surface area contributed by atoms with Crippen LogP contribution in [0, 0.1) is 0 Å². The molecule has 2 N–H and O–H groups in total. The van der Waals surface area contributed by atoms with Crippen molar-refractivity contribution in [3.05, 3.63) is 29.1 Å². The number of nitrogens with two attached hydrogens (primary N) is 1. The molecule has 1 aromatic heterocycles. The van der Waals surface area contributed by atoms with Gasteiger partial charge in [0.1, 0.15) is 4.88 Å². The van der Waals surface area contributed by atoms with Gasteiger partial charge in [0.2, 0.25) is 0 Å². The molecule has 1 aromatic carbocycles. The standard InChI is InChI=1S/C8H6N2OS/c9-8(11)7-5-3-1-2-4-6(5)10-12-7/h1-4H,(H2,9,11). The van der Waals surface area contributed by atoms with E-state index in [4.69, 9.17) is 5.73 Å². The Morgan fingerprint density at radius 2 is 2.17 bits per heavy atom. The fourth-order valence-corrected chi connectivity index (χ4v) is 1.78. The third kappa shape index (κ3) is 0.967. The first kappa shape index (κ1) is 7.24.